The number of anilines is 1. The van der Waals surface area contributed by atoms with Crippen molar-refractivity contribution in [3.63, 3.8) is 0 Å². The normalized spacial score (nSPS) is 16.9. The standard InChI is InChI=1S/C26H32N6O4/c1-16-6-7-18(14-27-16)23-19(17(2)36-30-23)12-20-21(13-22(33)29-28-20)31-10-11-32(26(15-31)8-9-26)24(34)35-25(3,4)5/h6-7,13-14H,8-12,15H2,1-5H3,(H,29,33). The van der Waals surface area contributed by atoms with Crippen LogP contribution in [-0.2, 0) is 11.2 Å². The Morgan fingerprint density at radius 1 is 1.22 bits per heavy atom. The first-order valence-corrected chi connectivity index (χ1v) is 12.3. The zero-order valence-electron chi connectivity index (χ0n) is 21.4. The molecule has 4 heterocycles. The number of piperazine rings is 1. The van der Waals surface area contributed by atoms with Crippen LogP contribution in [0.5, 0.6) is 0 Å². The topological polar surface area (TPSA) is 117 Å². The average Bonchev–Trinajstić information content (AvgIpc) is 3.47. The Bertz CT molecular complexity index is 1330. The molecular weight excluding hydrogens is 460 g/mol. The maximum Gasteiger partial charge on any atom is 0.410 e. The van der Waals surface area contributed by atoms with E-state index in [1.165, 1.54) is 0 Å². The molecule has 10 nitrogen and oxygen atoms in total. The minimum atomic E-state index is -0.546. The van der Waals surface area contributed by atoms with Crippen molar-refractivity contribution in [1.82, 2.24) is 25.2 Å². The Balaban J connectivity index is 1.42. The summed E-state index contributed by atoms with van der Waals surface area (Å²) in [4.78, 5) is 33.6. The summed E-state index contributed by atoms with van der Waals surface area (Å²) in [6.07, 6.45) is 3.75. The van der Waals surface area contributed by atoms with Crippen LogP contribution in [0.4, 0.5) is 10.5 Å². The number of nitrogens with one attached hydrogen (secondary N) is 1. The fourth-order valence-electron chi connectivity index (χ4n) is 4.78. The maximum absolute atomic E-state index is 12.9. The number of nitrogens with zero attached hydrogens (tertiary/aromatic N) is 5. The summed E-state index contributed by atoms with van der Waals surface area (Å²) in [5.41, 5.74) is 3.80. The summed E-state index contributed by atoms with van der Waals surface area (Å²) in [7, 11) is 0. The largest absolute Gasteiger partial charge is 0.444 e. The van der Waals surface area contributed by atoms with Crippen molar-refractivity contribution in [2.75, 3.05) is 24.5 Å². The lowest BCUT2D eigenvalue weighted by Gasteiger charge is -2.43. The first-order chi connectivity index (χ1) is 17.0. The molecule has 3 aromatic rings. The van der Waals surface area contributed by atoms with Gasteiger partial charge in [0.1, 0.15) is 17.1 Å². The van der Waals surface area contributed by atoms with E-state index in [4.69, 9.17) is 9.26 Å². The number of hydrogen-bond acceptors (Lipinski definition) is 8. The fraction of sp³-hybridized carbons (Fsp3) is 0.500. The molecule has 1 aliphatic heterocycles. The Labute approximate surface area is 209 Å². The predicted octanol–water partition coefficient (Wildman–Crippen LogP) is 3.62. The monoisotopic (exact) mass is 492 g/mol. The highest BCUT2D eigenvalue weighted by molar-refractivity contribution is 5.71. The number of rotatable bonds is 4. The Hall–Kier alpha value is -3.69. The van der Waals surface area contributed by atoms with Gasteiger partial charge in [0.05, 0.1) is 16.9 Å². The first kappa shape index (κ1) is 24.0. The van der Waals surface area contributed by atoms with E-state index in [-0.39, 0.29) is 17.2 Å². The molecule has 2 fully saturated rings. The molecule has 10 heteroatoms. The summed E-state index contributed by atoms with van der Waals surface area (Å²) in [6, 6.07) is 5.50. The van der Waals surface area contributed by atoms with Gasteiger partial charge in [-0.2, -0.15) is 5.10 Å². The molecule has 36 heavy (non-hydrogen) atoms. The van der Waals surface area contributed by atoms with Crippen molar-refractivity contribution >= 4 is 11.8 Å². The van der Waals surface area contributed by atoms with E-state index in [1.807, 2.05) is 51.7 Å². The number of aromatic nitrogens is 4. The van der Waals surface area contributed by atoms with E-state index < -0.39 is 5.60 Å². The molecule has 1 saturated heterocycles. The number of aromatic amines is 1. The highest BCUT2D eigenvalue weighted by atomic mass is 16.6. The summed E-state index contributed by atoms with van der Waals surface area (Å²) in [6.45, 7) is 11.2. The number of hydrogen-bond donors (Lipinski definition) is 1. The van der Waals surface area contributed by atoms with Crippen molar-refractivity contribution in [2.45, 2.75) is 65.0 Å². The third-order valence-corrected chi connectivity index (χ3v) is 6.81. The second-order valence-electron chi connectivity index (χ2n) is 10.8. The lowest BCUT2D eigenvalue weighted by Crippen LogP contribution is -2.58. The molecule has 1 amide bonds. The Morgan fingerprint density at radius 3 is 2.67 bits per heavy atom. The van der Waals surface area contributed by atoms with Crippen molar-refractivity contribution in [2.24, 2.45) is 0 Å². The van der Waals surface area contributed by atoms with Gasteiger partial charge >= 0.3 is 6.09 Å². The van der Waals surface area contributed by atoms with Gasteiger partial charge in [0, 0.05) is 55.1 Å². The van der Waals surface area contributed by atoms with E-state index in [1.54, 1.807) is 12.3 Å². The van der Waals surface area contributed by atoms with Gasteiger partial charge < -0.3 is 14.2 Å². The third-order valence-electron chi connectivity index (χ3n) is 6.81. The van der Waals surface area contributed by atoms with Gasteiger partial charge in [0.2, 0.25) is 0 Å². The second kappa shape index (κ2) is 8.76. The van der Waals surface area contributed by atoms with Crippen molar-refractivity contribution in [3.05, 3.63) is 57.5 Å². The molecule has 3 aromatic heterocycles. The van der Waals surface area contributed by atoms with E-state index >= 15 is 0 Å². The highest BCUT2D eigenvalue weighted by Gasteiger charge is 2.54. The van der Waals surface area contributed by atoms with Gasteiger partial charge in [0.15, 0.2) is 0 Å². The molecule has 0 atom stereocenters. The number of carbonyl (C=O) groups is 1. The molecule has 2 aliphatic rings. The smallest absolute Gasteiger partial charge is 0.410 e. The van der Waals surface area contributed by atoms with E-state index in [0.717, 1.165) is 41.0 Å². The molecule has 5 rings (SSSR count). The summed E-state index contributed by atoms with van der Waals surface area (Å²) < 4.78 is 11.2. The van der Waals surface area contributed by atoms with Crippen molar-refractivity contribution in [3.8, 4) is 11.3 Å². The molecular formula is C26H32N6O4. The van der Waals surface area contributed by atoms with E-state index in [2.05, 4.69) is 25.2 Å². The molecule has 1 N–H and O–H groups in total. The summed E-state index contributed by atoms with van der Waals surface area (Å²) in [5.74, 6) is 0.693. The molecule has 0 bridgehead atoms. The van der Waals surface area contributed by atoms with Gasteiger partial charge in [-0.3, -0.25) is 14.7 Å². The van der Waals surface area contributed by atoms with Gasteiger partial charge in [-0.15, -0.1) is 0 Å². The highest BCUT2D eigenvalue weighted by Crippen LogP contribution is 2.46. The molecule has 0 unspecified atom stereocenters. The van der Waals surface area contributed by atoms with E-state index in [0.29, 0.717) is 37.5 Å². The Kier molecular flexibility index (Phi) is 5.84. The zero-order valence-corrected chi connectivity index (χ0v) is 21.4. The SMILES string of the molecule is Cc1ccc(-c2noc(C)c2Cc2n[nH]c(=O)cc2N2CCN(C(=O)OC(C)(C)C)C3(CC3)C2)cn1. The molecule has 0 radical (unpaired) electrons. The lowest BCUT2D eigenvalue weighted by molar-refractivity contribution is 0.0106. The Morgan fingerprint density at radius 2 is 2.00 bits per heavy atom. The van der Waals surface area contributed by atoms with Gasteiger partial charge in [-0.1, -0.05) is 5.16 Å². The molecule has 1 aliphatic carbocycles. The van der Waals surface area contributed by atoms with Crippen LogP contribution in [-0.4, -0.2) is 62.1 Å². The zero-order chi connectivity index (χ0) is 25.7. The van der Waals surface area contributed by atoms with Crippen LogP contribution in [0.15, 0.2) is 33.7 Å². The van der Waals surface area contributed by atoms with Crippen LogP contribution in [0.1, 0.15) is 56.3 Å². The van der Waals surface area contributed by atoms with Crippen molar-refractivity contribution in [1.29, 1.82) is 0 Å². The molecule has 0 aromatic carbocycles. The minimum absolute atomic E-state index is 0.266. The molecule has 190 valence electrons. The van der Waals surface area contributed by atoms with Gasteiger partial charge in [-0.05, 0) is 59.6 Å². The number of pyridine rings is 1. The predicted molar refractivity (Wildman–Crippen MR) is 134 cm³/mol. The van der Waals surface area contributed by atoms with Crippen LogP contribution >= 0.6 is 0 Å². The fourth-order valence-corrected chi connectivity index (χ4v) is 4.78. The number of aryl methyl sites for hydroxylation is 2. The number of H-pyrrole nitrogens is 1. The van der Waals surface area contributed by atoms with Crippen LogP contribution in [0.25, 0.3) is 11.3 Å². The van der Waals surface area contributed by atoms with Gasteiger partial charge in [-0.25, -0.2) is 9.89 Å². The average molecular weight is 493 g/mol. The van der Waals surface area contributed by atoms with Crippen LogP contribution in [0.2, 0.25) is 0 Å². The second-order valence-corrected chi connectivity index (χ2v) is 10.8. The molecule has 1 spiro atoms. The third kappa shape index (κ3) is 4.72. The van der Waals surface area contributed by atoms with Crippen LogP contribution in [0.3, 0.4) is 0 Å². The quantitative estimate of drug-likeness (QED) is 0.587. The van der Waals surface area contributed by atoms with Crippen LogP contribution < -0.4 is 10.5 Å². The minimum Gasteiger partial charge on any atom is -0.444 e. The number of amides is 1. The molecule has 1 saturated carbocycles. The van der Waals surface area contributed by atoms with Crippen molar-refractivity contribution < 1.29 is 14.1 Å². The number of carbonyl (C=O) groups excluding carboxylic acids is 1. The van der Waals surface area contributed by atoms with Gasteiger partial charge in [0.25, 0.3) is 5.56 Å². The summed E-state index contributed by atoms with van der Waals surface area (Å²) in [5, 5.41) is 11.3. The first-order valence-electron chi connectivity index (χ1n) is 12.3. The number of ether oxygens (including phenoxy) is 1. The van der Waals surface area contributed by atoms with E-state index in [9.17, 15) is 9.59 Å². The van der Waals surface area contributed by atoms with Crippen LogP contribution in [0, 0.1) is 13.8 Å². The lowest BCUT2D eigenvalue weighted by atomic mass is 10.0. The summed E-state index contributed by atoms with van der Waals surface area (Å²) >= 11 is 0. The maximum atomic E-state index is 12.9.